The Hall–Kier alpha value is -1.42. The second-order valence-electron chi connectivity index (χ2n) is 6.56. The van der Waals surface area contributed by atoms with Crippen molar-refractivity contribution in [1.29, 1.82) is 0 Å². The third-order valence-electron chi connectivity index (χ3n) is 5.26. The molecular weight excluding hydrogens is 280 g/mol. The molecule has 2 aromatic rings. The fraction of sp³-hybridized carbons (Fsp3) is 0.529. The molecule has 2 fully saturated rings. The number of benzene rings is 1. The van der Waals surface area contributed by atoms with Crippen LogP contribution in [0.25, 0.3) is 10.2 Å². The van der Waals surface area contributed by atoms with E-state index in [0.29, 0.717) is 12.3 Å². The van der Waals surface area contributed by atoms with E-state index >= 15 is 0 Å². The lowest BCUT2D eigenvalue weighted by atomic mass is 9.86. The van der Waals surface area contributed by atoms with Gasteiger partial charge < -0.3 is 4.57 Å². The third-order valence-corrected chi connectivity index (χ3v) is 6.37. The molecule has 0 N–H and O–H groups in total. The van der Waals surface area contributed by atoms with Crippen LogP contribution >= 0.6 is 11.3 Å². The summed E-state index contributed by atoms with van der Waals surface area (Å²) in [6.07, 6.45) is 5.98. The van der Waals surface area contributed by atoms with Gasteiger partial charge in [0.15, 0.2) is 4.80 Å². The molecule has 0 spiro atoms. The molecule has 2 aliphatic carbocycles. The van der Waals surface area contributed by atoms with Crippen LogP contribution in [0.1, 0.15) is 32.1 Å². The zero-order chi connectivity index (χ0) is 14.4. The first-order valence-electron chi connectivity index (χ1n) is 7.83. The molecule has 2 bridgehead atoms. The standard InChI is InChI=1S/C17H20N2OS/c1-19-14-4-2-3-5-15(14)21-17(19)18-16(20)10-13-9-11-6-7-12(13)8-11/h2-5,11-13H,6-10H2,1H3/t11-,12-,13+/m1/s1. The van der Waals surface area contributed by atoms with Gasteiger partial charge in [-0.25, -0.2) is 0 Å². The zero-order valence-electron chi connectivity index (χ0n) is 12.3. The molecule has 0 radical (unpaired) electrons. The molecule has 110 valence electrons. The van der Waals surface area contributed by atoms with Crippen molar-refractivity contribution in [2.75, 3.05) is 0 Å². The Labute approximate surface area is 128 Å². The number of carbonyl (C=O) groups excluding carboxylic acids is 1. The molecule has 0 aliphatic heterocycles. The van der Waals surface area contributed by atoms with E-state index in [0.717, 1.165) is 22.2 Å². The van der Waals surface area contributed by atoms with Crippen LogP contribution in [0.15, 0.2) is 29.3 Å². The van der Waals surface area contributed by atoms with Crippen molar-refractivity contribution < 1.29 is 4.79 Å². The normalized spacial score (nSPS) is 28.6. The lowest BCUT2D eigenvalue weighted by Gasteiger charge is -2.19. The van der Waals surface area contributed by atoms with Crippen molar-refractivity contribution in [2.45, 2.75) is 32.1 Å². The summed E-state index contributed by atoms with van der Waals surface area (Å²) in [5, 5.41) is 0. The first-order chi connectivity index (χ1) is 10.2. The summed E-state index contributed by atoms with van der Waals surface area (Å²) in [4.78, 5) is 17.5. The molecule has 4 rings (SSSR count). The molecule has 2 aliphatic rings. The number of fused-ring (bicyclic) bond motifs is 3. The number of hydrogen-bond acceptors (Lipinski definition) is 2. The molecule has 21 heavy (non-hydrogen) atoms. The minimum Gasteiger partial charge on any atom is -0.319 e. The number of hydrogen-bond donors (Lipinski definition) is 0. The Morgan fingerprint density at radius 2 is 2.19 bits per heavy atom. The van der Waals surface area contributed by atoms with Crippen molar-refractivity contribution in [3.8, 4) is 0 Å². The summed E-state index contributed by atoms with van der Waals surface area (Å²) >= 11 is 1.60. The van der Waals surface area contributed by atoms with Gasteiger partial charge in [0.1, 0.15) is 0 Å². The maximum Gasteiger partial charge on any atom is 0.248 e. The third kappa shape index (κ3) is 2.35. The van der Waals surface area contributed by atoms with Gasteiger partial charge >= 0.3 is 0 Å². The van der Waals surface area contributed by atoms with E-state index in [-0.39, 0.29) is 5.91 Å². The highest BCUT2D eigenvalue weighted by Crippen LogP contribution is 2.49. The molecule has 3 nitrogen and oxygen atoms in total. The molecule has 4 heteroatoms. The minimum atomic E-state index is 0.0645. The summed E-state index contributed by atoms with van der Waals surface area (Å²) in [6, 6.07) is 8.21. The average Bonchev–Trinajstić information content (AvgIpc) is 3.15. The van der Waals surface area contributed by atoms with Crippen LogP contribution in [-0.4, -0.2) is 10.5 Å². The Kier molecular flexibility index (Phi) is 3.21. The van der Waals surface area contributed by atoms with Gasteiger partial charge in [0.05, 0.1) is 10.2 Å². The van der Waals surface area contributed by atoms with Crippen molar-refractivity contribution in [3.05, 3.63) is 29.1 Å². The highest BCUT2D eigenvalue weighted by Gasteiger charge is 2.40. The number of aryl methyl sites for hydroxylation is 1. The first kappa shape index (κ1) is 13.3. The van der Waals surface area contributed by atoms with Gasteiger partial charge in [0.25, 0.3) is 0 Å². The average molecular weight is 300 g/mol. The van der Waals surface area contributed by atoms with Crippen molar-refractivity contribution in [1.82, 2.24) is 4.57 Å². The van der Waals surface area contributed by atoms with Crippen LogP contribution in [0.2, 0.25) is 0 Å². The fourth-order valence-corrected chi connectivity index (χ4v) is 5.23. The van der Waals surface area contributed by atoms with Crippen LogP contribution < -0.4 is 4.80 Å². The summed E-state index contributed by atoms with van der Waals surface area (Å²) in [5.41, 5.74) is 1.15. The smallest absolute Gasteiger partial charge is 0.248 e. The highest BCUT2D eigenvalue weighted by atomic mass is 32.1. The summed E-state index contributed by atoms with van der Waals surface area (Å²) < 4.78 is 3.21. The van der Waals surface area contributed by atoms with Gasteiger partial charge in [-0.15, -0.1) is 0 Å². The van der Waals surface area contributed by atoms with Gasteiger partial charge in [-0.3, -0.25) is 4.79 Å². The van der Waals surface area contributed by atoms with Gasteiger partial charge in [-0.1, -0.05) is 29.9 Å². The second kappa shape index (κ2) is 5.09. The molecular formula is C17H20N2OS. The van der Waals surface area contributed by atoms with Crippen molar-refractivity contribution >= 4 is 27.5 Å². The van der Waals surface area contributed by atoms with Crippen LogP contribution in [0.5, 0.6) is 0 Å². The second-order valence-corrected chi connectivity index (χ2v) is 7.57. The predicted molar refractivity (Wildman–Crippen MR) is 84.9 cm³/mol. The number of nitrogens with zero attached hydrogens (tertiary/aromatic N) is 2. The van der Waals surface area contributed by atoms with E-state index in [4.69, 9.17) is 0 Å². The monoisotopic (exact) mass is 300 g/mol. The SMILES string of the molecule is Cn1c(=NC(=O)C[C@@H]2C[C@@H]3CC[C@@H]2C3)sc2ccccc21. The molecule has 0 unspecified atom stereocenters. The lowest BCUT2D eigenvalue weighted by molar-refractivity contribution is -0.119. The Morgan fingerprint density at radius 3 is 2.90 bits per heavy atom. The van der Waals surface area contributed by atoms with Crippen molar-refractivity contribution in [2.24, 2.45) is 29.8 Å². The van der Waals surface area contributed by atoms with E-state index in [1.165, 1.54) is 30.4 Å². The fourth-order valence-electron chi connectivity index (χ4n) is 4.19. The number of para-hydroxylation sites is 1. The molecule has 1 heterocycles. The molecule has 1 amide bonds. The lowest BCUT2D eigenvalue weighted by Crippen LogP contribution is -2.18. The summed E-state index contributed by atoms with van der Waals surface area (Å²) in [6.45, 7) is 0. The Balaban J connectivity index is 1.58. The number of rotatable bonds is 2. The van der Waals surface area contributed by atoms with E-state index in [1.54, 1.807) is 11.3 Å². The van der Waals surface area contributed by atoms with Crippen LogP contribution in [-0.2, 0) is 11.8 Å². The molecule has 1 aromatic carbocycles. The number of carbonyl (C=O) groups is 1. The van der Waals surface area contributed by atoms with E-state index in [2.05, 4.69) is 17.1 Å². The number of amides is 1. The largest absolute Gasteiger partial charge is 0.319 e. The van der Waals surface area contributed by atoms with Crippen molar-refractivity contribution in [3.63, 3.8) is 0 Å². The summed E-state index contributed by atoms with van der Waals surface area (Å²) in [5.74, 6) is 2.35. The minimum absolute atomic E-state index is 0.0645. The van der Waals surface area contributed by atoms with E-state index in [1.807, 2.05) is 23.7 Å². The van der Waals surface area contributed by atoms with E-state index < -0.39 is 0 Å². The molecule has 2 saturated carbocycles. The van der Waals surface area contributed by atoms with Crippen LogP contribution in [0.4, 0.5) is 0 Å². The maximum absolute atomic E-state index is 12.3. The Morgan fingerprint density at radius 1 is 1.33 bits per heavy atom. The Bertz CT molecular complexity index is 757. The van der Waals surface area contributed by atoms with Gasteiger partial charge in [0, 0.05) is 13.5 Å². The predicted octanol–water partition coefficient (Wildman–Crippen LogP) is 3.49. The first-order valence-corrected chi connectivity index (χ1v) is 8.64. The highest BCUT2D eigenvalue weighted by molar-refractivity contribution is 7.16. The molecule has 3 atom stereocenters. The maximum atomic E-state index is 12.3. The topological polar surface area (TPSA) is 34.4 Å². The zero-order valence-corrected chi connectivity index (χ0v) is 13.1. The number of aromatic nitrogens is 1. The number of thiazole rings is 1. The van der Waals surface area contributed by atoms with E-state index in [9.17, 15) is 4.79 Å². The quantitative estimate of drug-likeness (QED) is 0.836. The molecule has 1 aromatic heterocycles. The molecule has 0 saturated heterocycles. The van der Waals surface area contributed by atoms with Gasteiger partial charge in [-0.2, -0.15) is 4.99 Å². The van der Waals surface area contributed by atoms with Gasteiger partial charge in [0.2, 0.25) is 5.91 Å². The van der Waals surface area contributed by atoms with Crippen LogP contribution in [0.3, 0.4) is 0 Å². The van der Waals surface area contributed by atoms with Crippen LogP contribution in [0, 0.1) is 17.8 Å². The summed E-state index contributed by atoms with van der Waals surface area (Å²) in [7, 11) is 1.99. The van der Waals surface area contributed by atoms with Gasteiger partial charge in [-0.05, 0) is 49.1 Å².